The van der Waals surface area contributed by atoms with Crippen LogP contribution in [0.1, 0.15) is 20.8 Å². The van der Waals surface area contributed by atoms with Crippen LogP contribution in [-0.2, 0) is 19.0 Å². The number of hydrogen-bond donors (Lipinski definition) is 1. The summed E-state index contributed by atoms with van der Waals surface area (Å²) in [7, 11) is 3.06. The molecule has 1 N–H and O–H groups in total. The quantitative estimate of drug-likeness (QED) is 0.491. The maximum Gasteiger partial charge on any atom is 0.328 e. The van der Waals surface area contributed by atoms with Crippen molar-refractivity contribution in [2.24, 2.45) is 0 Å². The number of nitrogens with one attached hydrogen (secondary N) is 1. The van der Waals surface area contributed by atoms with E-state index in [-0.39, 0.29) is 18.7 Å². The van der Waals surface area contributed by atoms with E-state index in [1.165, 1.54) is 7.11 Å². The summed E-state index contributed by atoms with van der Waals surface area (Å²) in [6.45, 7) is 6.92. The first-order chi connectivity index (χ1) is 7.46. The van der Waals surface area contributed by atoms with Crippen molar-refractivity contribution in [3.8, 4) is 0 Å². The van der Waals surface area contributed by atoms with Crippen molar-refractivity contribution in [2.45, 2.75) is 32.4 Å². The topological polar surface area (TPSA) is 56.8 Å². The first-order valence-corrected chi connectivity index (χ1v) is 5.43. The highest BCUT2D eigenvalue weighted by atomic mass is 16.5. The molecular weight excluding hydrogens is 210 g/mol. The monoisotopic (exact) mass is 233 g/mol. The van der Waals surface area contributed by atoms with E-state index in [0.29, 0.717) is 13.2 Å². The van der Waals surface area contributed by atoms with Crippen LogP contribution in [0.5, 0.6) is 0 Å². The first-order valence-electron chi connectivity index (χ1n) is 5.43. The van der Waals surface area contributed by atoms with E-state index in [0.717, 1.165) is 0 Å². The summed E-state index contributed by atoms with van der Waals surface area (Å²) in [5.41, 5.74) is -0.799. The number of rotatable bonds is 8. The van der Waals surface area contributed by atoms with Crippen molar-refractivity contribution in [1.29, 1.82) is 0 Å². The van der Waals surface area contributed by atoms with E-state index < -0.39 is 5.54 Å². The van der Waals surface area contributed by atoms with Gasteiger partial charge >= 0.3 is 5.97 Å². The van der Waals surface area contributed by atoms with Crippen LogP contribution in [0.15, 0.2) is 0 Å². The predicted molar refractivity (Wildman–Crippen MR) is 61.4 cm³/mol. The lowest BCUT2D eigenvalue weighted by molar-refractivity contribution is -0.150. The molecule has 1 unspecified atom stereocenters. The molecule has 0 aliphatic rings. The van der Waals surface area contributed by atoms with Gasteiger partial charge in [-0.05, 0) is 27.8 Å². The van der Waals surface area contributed by atoms with Crippen LogP contribution in [0.25, 0.3) is 0 Å². The average Bonchev–Trinajstić information content (AvgIpc) is 2.26. The molecule has 0 aliphatic carbocycles. The van der Waals surface area contributed by atoms with Crippen molar-refractivity contribution in [3.05, 3.63) is 0 Å². The molecule has 1 atom stereocenters. The second-order valence-corrected chi connectivity index (χ2v) is 4.05. The zero-order valence-corrected chi connectivity index (χ0v) is 10.8. The van der Waals surface area contributed by atoms with E-state index in [2.05, 4.69) is 10.1 Å². The number of ether oxygens (including phenoxy) is 3. The van der Waals surface area contributed by atoms with Gasteiger partial charge in [-0.15, -0.1) is 0 Å². The molecule has 0 aromatic rings. The molecule has 96 valence electrons. The lowest BCUT2D eigenvalue weighted by Crippen LogP contribution is -2.52. The lowest BCUT2D eigenvalue weighted by atomic mass is 10.1. The molecule has 0 aromatic heterocycles. The average molecular weight is 233 g/mol. The van der Waals surface area contributed by atoms with Crippen LogP contribution < -0.4 is 5.32 Å². The van der Waals surface area contributed by atoms with E-state index in [1.807, 2.05) is 13.8 Å². The fourth-order valence-electron chi connectivity index (χ4n) is 1.08. The van der Waals surface area contributed by atoms with E-state index >= 15 is 0 Å². The summed E-state index contributed by atoms with van der Waals surface area (Å²) in [6.07, 6.45) is 0.194. The van der Waals surface area contributed by atoms with Crippen molar-refractivity contribution in [3.63, 3.8) is 0 Å². The van der Waals surface area contributed by atoms with Gasteiger partial charge in [0.05, 0.1) is 33.0 Å². The van der Waals surface area contributed by atoms with Crippen LogP contribution in [0.2, 0.25) is 0 Å². The van der Waals surface area contributed by atoms with Crippen molar-refractivity contribution >= 4 is 5.97 Å². The predicted octanol–water partition coefficient (Wildman–Crippen LogP) is 0.579. The molecule has 0 rings (SSSR count). The molecule has 0 bridgehead atoms. The summed E-state index contributed by atoms with van der Waals surface area (Å²) < 4.78 is 15.4. The maximum absolute atomic E-state index is 11.4. The molecule has 0 saturated carbocycles. The summed E-state index contributed by atoms with van der Waals surface area (Å²) in [5.74, 6) is -0.334. The molecular formula is C11H23NO4. The third-order valence-electron chi connectivity index (χ3n) is 2.26. The summed E-state index contributed by atoms with van der Waals surface area (Å²) in [4.78, 5) is 11.4. The van der Waals surface area contributed by atoms with Gasteiger partial charge in [0.15, 0.2) is 0 Å². The number of hydrogen-bond acceptors (Lipinski definition) is 5. The molecule has 5 heteroatoms. The minimum absolute atomic E-state index is 0.194. The van der Waals surface area contributed by atoms with Crippen molar-refractivity contribution < 1.29 is 19.0 Å². The second kappa shape index (κ2) is 7.60. The molecule has 0 heterocycles. The minimum Gasteiger partial charge on any atom is -0.468 e. The van der Waals surface area contributed by atoms with Crippen LogP contribution in [0.3, 0.4) is 0 Å². The molecule has 0 fully saturated rings. The van der Waals surface area contributed by atoms with Crippen LogP contribution in [0.4, 0.5) is 0 Å². The molecule has 0 amide bonds. The van der Waals surface area contributed by atoms with Gasteiger partial charge in [-0.1, -0.05) is 0 Å². The number of carbonyl (C=O) groups excluding carboxylic acids is 1. The Labute approximate surface area is 97.4 Å². The molecule has 5 nitrogen and oxygen atoms in total. The van der Waals surface area contributed by atoms with Crippen LogP contribution >= 0.6 is 0 Å². The zero-order chi connectivity index (χ0) is 12.6. The van der Waals surface area contributed by atoms with Gasteiger partial charge in [0.2, 0.25) is 0 Å². The number of methoxy groups -OCH3 is 1. The van der Waals surface area contributed by atoms with Gasteiger partial charge in [-0.2, -0.15) is 0 Å². The van der Waals surface area contributed by atoms with Crippen molar-refractivity contribution in [2.75, 3.05) is 34.0 Å². The third-order valence-corrected chi connectivity index (χ3v) is 2.26. The van der Waals surface area contributed by atoms with Gasteiger partial charge in [0, 0.05) is 0 Å². The van der Waals surface area contributed by atoms with E-state index in [4.69, 9.17) is 9.47 Å². The molecule has 0 aromatic carbocycles. The number of esters is 1. The van der Waals surface area contributed by atoms with Crippen LogP contribution in [-0.4, -0.2) is 51.6 Å². The Bertz CT molecular complexity index is 208. The van der Waals surface area contributed by atoms with Crippen LogP contribution in [0, 0.1) is 0 Å². The lowest BCUT2D eigenvalue weighted by Gasteiger charge is -2.25. The third kappa shape index (κ3) is 5.44. The van der Waals surface area contributed by atoms with E-state index in [1.54, 1.807) is 14.0 Å². The SMILES string of the molecule is CNC(C)(COCCOC(C)C)C(=O)OC. The summed E-state index contributed by atoms with van der Waals surface area (Å²) in [6, 6.07) is 0. The minimum atomic E-state index is -0.799. The van der Waals surface area contributed by atoms with Gasteiger partial charge in [-0.3, -0.25) is 0 Å². The normalized spacial score (nSPS) is 14.9. The Hall–Kier alpha value is -0.650. The Morgan fingerprint density at radius 1 is 1.38 bits per heavy atom. The smallest absolute Gasteiger partial charge is 0.328 e. The molecule has 0 aliphatic heterocycles. The maximum atomic E-state index is 11.4. The summed E-state index contributed by atoms with van der Waals surface area (Å²) in [5, 5.41) is 2.89. The van der Waals surface area contributed by atoms with Gasteiger partial charge in [0.25, 0.3) is 0 Å². The van der Waals surface area contributed by atoms with Crippen molar-refractivity contribution in [1.82, 2.24) is 5.32 Å². The summed E-state index contributed by atoms with van der Waals surface area (Å²) >= 11 is 0. The molecule has 0 saturated heterocycles. The highest BCUT2D eigenvalue weighted by molar-refractivity contribution is 5.80. The Morgan fingerprint density at radius 2 is 2.00 bits per heavy atom. The number of carbonyl (C=O) groups is 1. The Morgan fingerprint density at radius 3 is 2.44 bits per heavy atom. The highest BCUT2D eigenvalue weighted by Crippen LogP contribution is 2.06. The second-order valence-electron chi connectivity index (χ2n) is 4.05. The Balaban J connectivity index is 3.83. The molecule has 0 radical (unpaired) electrons. The molecule has 0 spiro atoms. The zero-order valence-electron chi connectivity index (χ0n) is 10.8. The van der Waals surface area contributed by atoms with Gasteiger partial charge in [0.1, 0.15) is 5.54 Å². The number of likely N-dealkylation sites (N-methyl/N-ethyl adjacent to an activating group) is 1. The van der Waals surface area contributed by atoms with E-state index in [9.17, 15) is 4.79 Å². The fourth-order valence-corrected chi connectivity index (χ4v) is 1.08. The fraction of sp³-hybridized carbons (Fsp3) is 0.909. The Kier molecular flexibility index (Phi) is 7.29. The standard InChI is InChI=1S/C11H23NO4/c1-9(2)16-7-6-15-8-11(3,12-4)10(13)14-5/h9,12H,6-8H2,1-5H3. The first kappa shape index (κ1) is 15.3. The molecule has 16 heavy (non-hydrogen) atoms. The van der Waals surface area contributed by atoms with Gasteiger partial charge in [-0.25, -0.2) is 4.79 Å². The highest BCUT2D eigenvalue weighted by Gasteiger charge is 2.32. The largest absolute Gasteiger partial charge is 0.468 e. The van der Waals surface area contributed by atoms with Gasteiger partial charge < -0.3 is 19.5 Å².